The van der Waals surface area contributed by atoms with Crippen molar-refractivity contribution < 1.29 is 4.74 Å². The van der Waals surface area contributed by atoms with Crippen LogP contribution in [0.25, 0.3) is 0 Å². The van der Waals surface area contributed by atoms with Gasteiger partial charge in [0, 0.05) is 13.0 Å². The third-order valence-corrected chi connectivity index (χ3v) is 2.36. The molecule has 92 valence electrons. The smallest absolute Gasteiger partial charge is 0.119 e. The number of nitrogens with zero attached hydrogens (tertiary/aromatic N) is 1. The standard InChI is InChI=1S/C14H20N2O/c1-2-9-16-12-13-6-5-7-14(11-13)17-10-4-3-8-15/h5-7,11,16H,2-4,9-10,12H2,1H3. The van der Waals surface area contributed by atoms with Gasteiger partial charge in [0.2, 0.25) is 0 Å². The van der Waals surface area contributed by atoms with Crippen molar-refractivity contribution in [1.82, 2.24) is 5.32 Å². The Morgan fingerprint density at radius 2 is 2.29 bits per heavy atom. The number of nitriles is 1. The maximum atomic E-state index is 8.41. The number of hydrogen-bond acceptors (Lipinski definition) is 3. The number of benzene rings is 1. The predicted molar refractivity (Wildman–Crippen MR) is 68.8 cm³/mol. The van der Waals surface area contributed by atoms with E-state index in [1.54, 1.807) is 0 Å². The molecule has 0 aliphatic heterocycles. The van der Waals surface area contributed by atoms with Crippen LogP contribution in [0.4, 0.5) is 0 Å². The largest absolute Gasteiger partial charge is 0.494 e. The molecule has 0 saturated heterocycles. The van der Waals surface area contributed by atoms with E-state index in [1.165, 1.54) is 5.56 Å². The monoisotopic (exact) mass is 232 g/mol. The van der Waals surface area contributed by atoms with Gasteiger partial charge in [0.05, 0.1) is 12.7 Å². The van der Waals surface area contributed by atoms with Crippen LogP contribution < -0.4 is 10.1 Å². The molecular formula is C14H20N2O. The number of ether oxygens (including phenoxy) is 1. The summed E-state index contributed by atoms with van der Waals surface area (Å²) < 4.78 is 5.58. The minimum Gasteiger partial charge on any atom is -0.494 e. The van der Waals surface area contributed by atoms with Crippen molar-refractivity contribution in [3.8, 4) is 11.8 Å². The predicted octanol–water partition coefficient (Wildman–Crippen LogP) is 2.87. The highest BCUT2D eigenvalue weighted by atomic mass is 16.5. The van der Waals surface area contributed by atoms with Crippen molar-refractivity contribution in [2.45, 2.75) is 32.7 Å². The molecule has 0 amide bonds. The lowest BCUT2D eigenvalue weighted by molar-refractivity contribution is 0.312. The summed E-state index contributed by atoms with van der Waals surface area (Å²) in [5.41, 5.74) is 1.23. The highest BCUT2D eigenvalue weighted by Crippen LogP contribution is 2.13. The highest BCUT2D eigenvalue weighted by Gasteiger charge is 1.96. The number of hydrogen-bond donors (Lipinski definition) is 1. The van der Waals surface area contributed by atoms with E-state index in [1.807, 2.05) is 12.1 Å². The van der Waals surface area contributed by atoms with E-state index in [9.17, 15) is 0 Å². The molecule has 0 bridgehead atoms. The van der Waals surface area contributed by atoms with E-state index in [-0.39, 0.29) is 0 Å². The van der Waals surface area contributed by atoms with E-state index in [0.29, 0.717) is 13.0 Å². The van der Waals surface area contributed by atoms with Crippen LogP contribution in [0.3, 0.4) is 0 Å². The minimum absolute atomic E-state index is 0.553. The van der Waals surface area contributed by atoms with Crippen LogP contribution >= 0.6 is 0 Å². The lowest BCUT2D eigenvalue weighted by Crippen LogP contribution is -2.13. The van der Waals surface area contributed by atoms with Gasteiger partial charge < -0.3 is 10.1 Å². The summed E-state index contributed by atoms with van der Waals surface area (Å²) in [5, 5.41) is 11.8. The van der Waals surface area contributed by atoms with Gasteiger partial charge in [-0.25, -0.2) is 0 Å². The van der Waals surface area contributed by atoms with Crippen molar-refractivity contribution in [3.05, 3.63) is 29.8 Å². The van der Waals surface area contributed by atoms with E-state index < -0.39 is 0 Å². The molecular weight excluding hydrogens is 212 g/mol. The molecule has 0 saturated carbocycles. The minimum atomic E-state index is 0.553. The van der Waals surface area contributed by atoms with Crippen molar-refractivity contribution in [2.24, 2.45) is 0 Å². The van der Waals surface area contributed by atoms with Crippen molar-refractivity contribution in [2.75, 3.05) is 13.2 Å². The van der Waals surface area contributed by atoms with Crippen LogP contribution in [0.1, 0.15) is 31.7 Å². The quantitative estimate of drug-likeness (QED) is 0.701. The van der Waals surface area contributed by atoms with Crippen LogP contribution in [0.2, 0.25) is 0 Å². The van der Waals surface area contributed by atoms with Crippen LogP contribution in [-0.2, 0) is 6.54 Å². The number of nitrogens with one attached hydrogen (secondary N) is 1. The Morgan fingerprint density at radius 1 is 1.41 bits per heavy atom. The molecule has 0 unspecified atom stereocenters. The van der Waals surface area contributed by atoms with Gasteiger partial charge in [0.25, 0.3) is 0 Å². The summed E-state index contributed by atoms with van der Waals surface area (Å²) in [6.07, 6.45) is 2.48. The summed E-state index contributed by atoms with van der Waals surface area (Å²) in [5.74, 6) is 0.888. The molecule has 0 aromatic heterocycles. The van der Waals surface area contributed by atoms with Gasteiger partial charge in [0.15, 0.2) is 0 Å². The molecule has 1 aromatic carbocycles. The third kappa shape index (κ3) is 5.94. The molecule has 3 nitrogen and oxygen atoms in total. The molecule has 0 radical (unpaired) electrons. The lowest BCUT2D eigenvalue weighted by atomic mass is 10.2. The number of unbranched alkanes of at least 4 members (excludes halogenated alkanes) is 1. The highest BCUT2D eigenvalue weighted by molar-refractivity contribution is 5.28. The van der Waals surface area contributed by atoms with Gasteiger partial charge in [0.1, 0.15) is 5.75 Å². The fourth-order valence-corrected chi connectivity index (χ4v) is 1.50. The summed E-state index contributed by atoms with van der Waals surface area (Å²) in [6, 6.07) is 10.2. The molecule has 0 aliphatic carbocycles. The molecule has 1 N–H and O–H groups in total. The van der Waals surface area contributed by atoms with Gasteiger partial charge in [-0.3, -0.25) is 0 Å². The first-order chi connectivity index (χ1) is 8.36. The van der Waals surface area contributed by atoms with Gasteiger partial charge in [-0.1, -0.05) is 19.1 Å². The van der Waals surface area contributed by atoms with E-state index in [2.05, 4.69) is 30.4 Å². The zero-order valence-electron chi connectivity index (χ0n) is 10.4. The molecule has 0 atom stereocenters. The molecule has 0 heterocycles. The molecule has 1 aromatic rings. The third-order valence-electron chi connectivity index (χ3n) is 2.36. The Morgan fingerprint density at radius 3 is 3.06 bits per heavy atom. The van der Waals surface area contributed by atoms with Crippen LogP contribution in [0.5, 0.6) is 5.75 Å². The van der Waals surface area contributed by atoms with Gasteiger partial charge in [-0.15, -0.1) is 0 Å². The zero-order valence-corrected chi connectivity index (χ0v) is 10.4. The maximum absolute atomic E-state index is 8.41. The molecule has 0 spiro atoms. The van der Waals surface area contributed by atoms with Crippen molar-refractivity contribution >= 4 is 0 Å². The zero-order chi connectivity index (χ0) is 12.3. The normalized spacial score (nSPS) is 9.88. The van der Waals surface area contributed by atoms with Crippen molar-refractivity contribution in [1.29, 1.82) is 5.26 Å². The first-order valence-corrected chi connectivity index (χ1v) is 6.16. The SMILES string of the molecule is CCCNCc1cccc(OCCCC#N)c1. The van der Waals surface area contributed by atoms with Gasteiger partial charge in [-0.05, 0) is 37.1 Å². The second-order valence-corrected chi connectivity index (χ2v) is 3.93. The fraction of sp³-hybridized carbons (Fsp3) is 0.500. The number of rotatable bonds is 8. The molecule has 1 rings (SSSR count). The molecule has 0 aliphatic rings. The summed E-state index contributed by atoms with van der Waals surface area (Å²) in [6.45, 7) is 4.68. The second-order valence-electron chi connectivity index (χ2n) is 3.93. The van der Waals surface area contributed by atoms with Gasteiger partial charge >= 0.3 is 0 Å². The lowest BCUT2D eigenvalue weighted by Gasteiger charge is -2.07. The average molecular weight is 232 g/mol. The topological polar surface area (TPSA) is 45.0 Å². The molecule has 0 fully saturated rings. The Hall–Kier alpha value is -1.53. The van der Waals surface area contributed by atoms with Crippen molar-refractivity contribution in [3.63, 3.8) is 0 Å². The Labute approximate surface area is 103 Å². The maximum Gasteiger partial charge on any atom is 0.119 e. The Balaban J connectivity index is 2.34. The Kier molecular flexibility index (Phi) is 6.85. The van der Waals surface area contributed by atoms with Crippen LogP contribution in [0.15, 0.2) is 24.3 Å². The average Bonchev–Trinajstić information content (AvgIpc) is 2.36. The first-order valence-electron chi connectivity index (χ1n) is 6.16. The first kappa shape index (κ1) is 13.5. The van der Waals surface area contributed by atoms with E-state index in [4.69, 9.17) is 10.00 Å². The fourth-order valence-electron chi connectivity index (χ4n) is 1.50. The molecule has 3 heteroatoms. The summed E-state index contributed by atoms with van der Waals surface area (Å²) in [4.78, 5) is 0. The summed E-state index contributed by atoms with van der Waals surface area (Å²) >= 11 is 0. The van der Waals surface area contributed by atoms with E-state index in [0.717, 1.165) is 31.7 Å². The van der Waals surface area contributed by atoms with Crippen LogP contribution in [0, 0.1) is 11.3 Å². The molecule has 17 heavy (non-hydrogen) atoms. The van der Waals surface area contributed by atoms with Crippen LogP contribution in [-0.4, -0.2) is 13.2 Å². The second kappa shape index (κ2) is 8.60. The summed E-state index contributed by atoms with van der Waals surface area (Å²) in [7, 11) is 0. The Bertz CT molecular complexity index is 357. The van der Waals surface area contributed by atoms with Gasteiger partial charge in [-0.2, -0.15) is 5.26 Å². The van der Waals surface area contributed by atoms with E-state index >= 15 is 0 Å².